The number of amides is 3. The van der Waals surface area contributed by atoms with Crippen LogP contribution in [0.4, 0.5) is 0 Å². The van der Waals surface area contributed by atoms with Gasteiger partial charge < -0.3 is 15.4 Å². The van der Waals surface area contributed by atoms with Crippen molar-refractivity contribution in [3.63, 3.8) is 0 Å². The average Bonchev–Trinajstić information content (AvgIpc) is 3.18. The van der Waals surface area contributed by atoms with E-state index in [9.17, 15) is 14.4 Å². The monoisotopic (exact) mass is 442 g/mol. The molecular formula is C24H34N4O4. The lowest BCUT2D eigenvalue weighted by Gasteiger charge is -2.44. The first-order chi connectivity index (χ1) is 15.5. The summed E-state index contributed by atoms with van der Waals surface area (Å²) >= 11 is 0. The molecule has 3 amide bonds. The van der Waals surface area contributed by atoms with Crippen LogP contribution in [-0.2, 0) is 32.0 Å². The Kier molecular flexibility index (Phi) is 7.10. The van der Waals surface area contributed by atoms with E-state index in [4.69, 9.17) is 4.74 Å². The number of fused-ring (bicyclic) bond motifs is 2. The second-order valence-corrected chi connectivity index (χ2v) is 8.98. The Morgan fingerprint density at radius 2 is 1.91 bits per heavy atom. The highest BCUT2D eigenvalue weighted by Crippen LogP contribution is 2.28. The van der Waals surface area contributed by atoms with Gasteiger partial charge in [0.1, 0.15) is 6.04 Å². The van der Waals surface area contributed by atoms with Crippen molar-refractivity contribution in [2.45, 2.75) is 76.1 Å². The second kappa shape index (κ2) is 10.0. The molecule has 1 aliphatic carbocycles. The molecule has 0 aromatic heterocycles. The predicted molar refractivity (Wildman–Crippen MR) is 119 cm³/mol. The maximum absolute atomic E-state index is 13.5. The third-order valence-corrected chi connectivity index (χ3v) is 6.90. The van der Waals surface area contributed by atoms with E-state index in [2.05, 4.69) is 22.8 Å². The molecule has 0 bridgehead atoms. The first-order valence-electron chi connectivity index (χ1n) is 11.8. The van der Waals surface area contributed by atoms with Gasteiger partial charge in [0.25, 0.3) is 5.91 Å². The van der Waals surface area contributed by atoms with Crippen LogP contribution in [0.1, 0.15) is 50.2 Å². The van der Waals surface area contributed by atoms with Crippen molar-refractivity contribution < 1.29 is 19.1 Å². The van der Waals surface area contributed by atoms with Crippen molar-refractivity contribution in [3.8, 4) is 0 Å². The molecule has 2 heterocycles. The summed E-state index contributed by atoms with van der Waals surface area (Å²) in [5.41, 5.74) is 2.64. The predicted octanol–water partition coefficient (Wildman–Crippen LogP) is 1.18. The van der Waals surface area contributed by atoms with Gasteiger partial charge in [0.2, 0.25) is 11.8 Å². The maximum Gasteiger partial charge on any atom is 0.264 e. The highest BCUT2D eigenvalue weighted by molar-refractivity contribution is 5.92. The molecule has 4 rings (SSSR count). The zero-order valence-electron chi connectivity index (χ0n) is 19.0. The molecule has 2 saturated heterocycles. The number of ether oxygens (including phenoxy) is 1. The van der Waals surface area contributed by atoms with Crippen LogP contribution in [0, 0.1) is 0 Å². The van der Waals surface area contributed by atoms with Crippen molar-refractivity contribution in [2.24, 2.45) is 0 Å². The Hall–Kier alpha value is -2.45. The van der Waals surface area contributed by atoms with Crippen molar-refractivity contribution in [3.05, 3.63) is 35.4 Å². The van der Waals surface area contributed by atoms with Crippen LogP contribution in [0.2, 0.25) is 0 Å². The highest BCUT2D eigenvalue weighted by Gasteiger charge is 2.42. The number of carbonyl (C=O) groups excluding carboxylic acids is 3. The number of rotatable bonds is 7. The van der Waals surface area contributed by atoms with Crippen molar-refractivity contribution >= 4 is 17.7 Å². The zero-order valence-corrected chi connectivity index (χ0v) is 19.0. The number of benzene rings is 1. The highest BCUT2D eigenvalue weighted by atomic mass is 16.5. The lowest BCUT2D eigenvalue weighted by atomic mass is 10.1. The van der Waals surface area contributed by atoms with E-state index >= 15 is 0 Å². The van der Waals surface area contributed by atoms with Crippen LogP contribution in [0.5, 0.6) is 0 Å². The van der Waals surface area contributed by atoms with Gasteiger partial charge in [-0.1, -0.05) is 31.2 Å². The molecule has 174 valence electrons. The molecule has 1 unspecified atom stereocenters. The molecule has 2 N–H and O–H groups in total. The minimum Gasteiger partial charge on any atom is -0.375 e. The molecule has 3 atom stereocenters. The molecule has 0 spiro atoms. The minimum absolute atomic E-state index is 0.0614. The molecule has 0 saturated carbocycles. The summed E-state index contributed by atoms with van der Waals surface area (Å²) in [5.74, 6) is -0.477. The molecule has 2 aliphatic heterocycles. The molecule has 8 nitrogen and oxygen atoms in total. The van der Waals surface area contributed by atoms with Gasteiger partial charge in [-0.2, -0.15) is 0 Å². The fraction of sp³-hybridized carbons (Fsp3) is 0.625. The van der Waals surface area contributed by atoms with Crippen molar-refractivity contribution in [1.29, 1.82) is 0 Å². The fourth-order valence-corrected chi connectivity index (χ4v) is 5.09. The van der Waals surface area contributed by atoms with Crippen LogP contribution in [0.15, 0.2) is 24.3 Å². The Morgan fingerprint density at radius 3 is 2.56 bits per heavy atom. The third kappa shape index (κ3) is 4.66. The number of carbonyl (C=O) groups is 3. The standard InChI is InChI=1S/C24H34N4O4/c1-3-20(25-2)23(30)26-21-10-11-22(29)27-12-6-9-18(28(27)24(21)31)15-32-19-13-16-7-4-5-8-17(16)14-19/h4-5,7-8,18-21,25H,3,6,9-15H2,1-2H3,(H,26,30)/t18-,20?,21-/m0/s1. The van der Waals surface area contributed by atoms with Crippen LogP contribution >= 0.6 is 0 Å². The quantitative estimate of drug-likeness (QED) is 0.662. The topological polar surface area (TPSA) is 91.0 Å². The summed E-state index contributed by atoms with van der Waals surface area (Å²) in [6.07, 6.45) is 4.65. The van der Waals surface area contributed by atoms with Crippen LogP contribution < -0.4 is 10.6 Å². The molecular weight excluding hydrogens is 408 g/mol. The SMILES string of the molecule is CCC(NC)C(=O)N[C@H]1CCC(=O)N2CCC[C@@H](COC3Cc4ccccc4C3)N2C1=O. The lowest BCUT2D eigenvalue weighted by Crippen LogP contribution is -2.62. The number of likely N-dealkylation sites (N-methyl/N-ethyl adjacent to an activating group) is 1. The van der Waals surface area contributed by atoms with Gasteiger partial charge in [-0.25, -0.2) is 5.01 Å². The number of hydrogen-bond donors (Lipinski definition) is 2. The molecule has 0 radical (unpaired) electrons. The van der Waals surface area contributed by atoms with Gasteiger partial charge in [0.15, 0.2) is 0 Å². The molecule has 2 fully saturated rings. The van der Waals surface area contributed by atoms with Crippen molar-refractivity contribution in [1.82, 2.24) is 20.7 Å². The number of nitrogens with zero attached hydrogens (tertiary/aromatic N) is 2. The lowest BCUT2D eigenvalue weighted by molar-refractivity contribution is -0.177. The average molecular weight is 443 g/mol. The molecule has 3 aliphatic rings. The summed E-state index contributed by atoms with van der Waals surface area (Å²) in [4.78, 5) is 38.9. The summed E-state index contributed by atoms with van der Waals surface area (Å²) < 4.78 is 6.26. The minimum atomic E-state index is -0.699. The van der Waals surface area contributed by atoms with Gasteiger partial charge in [0.05, 0.1) is 24.8 Å². The maximum atomic E-state index is 13.5. The summed E-state index contributed by atoms with van der Waals surface area (Å²) in [5, 5.41) is 9.03. The van der Waals surface area contributed by atoms with Gasteiger partial charge in [0, 0.05) is 13.0 Å². The molecule has 32 heavy (non-hydrogen) atoms. The number of nitrogens with one attached hydrogen (secondary N) is 2. The Balaban J connectivity index is 1.44. The summed E-state index contributed by atoms with van der Waals surface area (Å²) in [6.45, 7) is 2.84. The molecule has 1 aromatic carbocycles. The van der Waals surface area contributed by atoms with Gasteiger partial charge in [-0.15, -0.1) is 0 Å². The smallest absolute Gasteiger partial charge is 0.264 e. The number of hydrazine groups is 1. The Labute approximate surface area is 189 Å². The van der Waals surface area contributed by atoms with Gasteiger partial charge >= 0.3 is 0 Å². The van der Waals surface area contributed by atoms with Crippen LogP contribution in [0.25, 0.3) is 0 Å². The van der Waals surface area contributed by atoms with E-state index in [0.717, 1.165) is 25.7 Å². The van der Waals surface area contributed by atoms with E-state index in [0.29, 0.717) is 26.0 Å². The molecule has 1 aromatic rings. The van der Waals surface area contributed by atoms with Gasteiger partial charge in [-0.05, 0) is 56.7 Å². The van der Waals surface area contributed by atoms with E-state index < -0.39 is 6.04 Å². The van der Waals surface area contributed by atoms with Crippen molar-refractivity contribution in [2.75, 3.05) is 20.2 Å². The summed E-state index contributed by atoms with van der Waals surface area (Å²) in [7, 11) is 1.73. The Morgan fingerprint density at radius 1 is 1.19 bits per heavy atom. The van der Waals surface area contributed by atoms with Crippen LogP contribution in [0.3, 0.4) is 0 Å². The first kappa shape index (κ1) is 22.7. The second-order valence-electron chi connectivity index (χ2n) is 8.98. The molecule has 8 heteroatoms. The first-order valence-corrected chi connectivity index (χ1v) is 11.8. The van der Waals surface area contributed by atoms with E-state index in [1.807, 2.05) is 19.1 Å². The largest absolute Gasteiger partial charge is 0.375 e. The Bertz CT molecular complexity index is 831. The normalized spacial score (nSPS) is 24.7. The summed E-state index contributed by atoms with van der Waals surface area (Å²) in [6, 6.07) is 7.12. The fourth-order valence-electron chi connectivity index (χ4n) is 5.09. The van der Waals surface area contributed by atoms with Crippen LogP contribution in [-0.4, -0.2) is 72.2 Å². The van der Waals surface area contributed by atoms with Gasteiger partial charge in [-0.3, -0.25) is 19.4 Å². The zero-order chi connectivity index (χ0) is 22.7. The van der Waals surface area contributed by atoms with E-state index in [1.54, 1.807) is 17.1 Å². The van der Waals surface area contributed by atoms with E-state index in [-0.39, 0.29) is 42.3 Å². The number of hydrogen-bond acceptors (Lipinski definition) is 5. The van der Waals surface area contributed by atoms with E-state index in [1.165, 1.54) is 11.1 Å². The third-order valence-electron chi connectivity index (χ3n) is 6.90.